The van der Waals surface area contributed by atoms with Gasteiger partial charge in [0.25, 0.3) is 0 Å². The van der Waals surface area contributed by atoms with Gasteiger partial charge in [0.05, 0.1) is 25.5 Å². The molecule has 2 rings (SSSR count). The summed E-state index contributed by atoms with van der Waals surface area (Å²) in [7, 11) is 1.31. The summed E-state index contributed by atoms with van der Waals surface area (Å²) in [6, 6.07) is 7.10. The van der Waals surface area contributed by atoms with Crippen LogP contribution in [0.3, 0.4) is 0 Å². The van der Waals surface area contributed by atoms with Gasteiger partial charge >= 0.3 is 5.97 Å². The van der Waals surface area contributed by atoms with Crippen molar-refractivity contribution in [1.29, 1.82) is 0 Å². The molecule has 5 nitrogen and oxygen atoms in total. The van der Waals surface area contributed by atoms with Crippen LogP contribution in [-0.4, -0.2) is 24.0 Å². The molecule has 1 fully saturated rings. The first kappa shape index (κ1) is 14.8. The highest BCUT2D eigenvalue weighted by Crippen LogP contribution is 2.33. The molecular formula is C14H17ClN2O3. The molecule has 2 atom stereocenters. The van der Waals surface area contributed by atoms with Gasteiger partial charge in [-0.15, -0.1) is 0 Å². The molecule has 2 unspecified atom stereocenters. The average Bonchev–Trinajstić information content (AvgIpc) is 2.45. The van der Waals surface area contributed by atoms with Crippen molar-refractivity contribution in [2.24, 2.45) is 11.8 Å². The second-order valence-electron chi connectivity index (χ2n) is 4.87. The first-order valence-corrected chi connectivity index (χ1v) is 6.80. The Balaban J connectivity index is 2.08. The summed E-state index contributed by atoms with van der Waals surface area (Å²) in [5.74, 6) is 4.90. The molecule has 20 heavy (non-hydrogen) atoms. The number of benzene rings is 1. The van der Waals surface area contributed by atoms with E-state index in [1.807, 2.05) is 12.1 Å². The van der Waals surface area contributed by atoms with E-state index in [0.29, 0.717) is 17.9 Å². The molecule has 1 aliphatic rings. The Labute approximate surface area is 122 Å². The lowest BCUT2D eigenvalue weighted by Gasteiger charge is -2.36. The number of hydrogen-bond donors (Lipinski definition) is 1. The van der Waals surface area contributed by atoms with Gasteiger partial charge in [0.1, 0.15) is 0 Å². The van der Waals surface area contributed by atoms with Crippen LogP contribution < -0.4 is 5.84 Å². The number of esters is 1. The van der Waals surface area contributed by atoms with E-state index in [9.17, 15) is 9.59 Å². The number of carbonyl (C=O) groups excluding carboxylic acids is 2. The number of halogens is 1. The Morgan fingerprint density at radius 2 is 2.05 bits per heavy atom. The molecule has 1 saturated heterocycles. The van der Waals surface area contributed by atoms with Gasteiger partial charge in [-0.05, 0) is 30.5 Å². The summed E-state index contributed by atoms with van der Waals surface area (Å²) in [6.07, 6.45) is 1.41. The highest BCUT2D eigenvalue weighted by atomic mass is 35.5. The van der Waals surface area contributed by atoms with Gasteiger partial charge in [0.2, 0.25) is 5.91 Å². The topological polar surface area (TPSA) is 72.6 Å². The average molecular weight is 297 g/mol. The van der Waals surface area contributed by atoms with Crippen LogP contribution in [0.5, 0.6) is 0 Å². The highest BCUT2D eigenvalue weighted by Gasteiger charge is 2.35. The van der Waals surface area contributed by atoms with Crippen LogP contribution in [0.4, 0.5) is 0 Å². The van der Waals surface area contributed by atoms with Gasteiger partial charge in [-0.25, -0.2) is 5.84 Å². The van der Waals surface area contributed by atoms with Crippen molar-refractivity contribution in [2.45, 2.75) is 25.3 Å². The van der Waals surface area contributed by atoms with Crippen LogP contribution in [-0.2, 0) is 14.3 Å². The number of hydrogen-bond acceptors (Lipinski definition) is 4. The third kappa shape index (κ3) is 3.11. The molecule has 0 aromatic heterocycles. The molecule has 1 aliphatic heterocycles. The van der Waals surface area contributed by atoms with Crippen molar-refractivity contribution in [3.8, 4) is 0 Å². The normalized spacial score (nSPS) is 22.8. The summed E-state index contributed by atoms with van der Waals surface area (Å²) in [5, 5.41) is 1.86. The zero-order valence-electron chi connectivity index (χ0n) is 11.2. The summed E-state index contributed by atoms with van der Waals surface area (Å²) in [4.78, 5) is 23.5. The maximum absolute atomic E-state index is 12.2. The predicted octanol–water partition coefficient (Wildman–Crippen LogP) is 2.06. The second-order valence-corrected chi connectivity index (χ2v) is 5.30. The monoisotopic (exact) mass is 296 g/mol. The zero-order chi connectivity index (χ0) is 14.7. The fourth-order valence-corrected chi connectivity index (χ4v) is 2.60. The molecule has 0 bridgehead atoms. The van der Waals surface area contributed by atoms with Crippen LogP contribution >= 0.6 is 11.6 Å². The van der Waals surface area contributed by atoms with E-state index in [1.165, 1.54) is 12.1 Å². The van der Waals surface area contributed by atoms with E-state index in [0.717, 1.165) is 5.56 Å². The Morgan fingerprint density at radius 3 is 2.65 bits per heavy atom. The predicted molar refractivity (Wildman–Crippen MR) is 74.6 cm³/mol. The molecule has 0 radical (unpaired) electrons. The molecule has 0 spiro atoms. The minimum absolute atomic E-state index is 0.0797. The smallest absolute Gasteiger partial charge is 0.306 e. The molecule has 1 aromatic carbocycles. The third-order valence-corrected chi connectivity index (χ3v) is 3.88. The van der Waals surface area contributed by atoms with Crippen LogP contribution in [0.2, 0.25) is 5.02 Å². The second kappa shape index (κ2) is 6.24. The first-order chi connectivity index (χ1) is 9.52. The number of nitrogens with zero attached hydrogens (tertiary/aromatic N) is 1. The highest BCUT2D eigenvalue weighted by molar-refractivity contribution is 6.30. The van der Waals surface area contributed by atoms with Crippen LogP contribution in [0, 0.1) is 5.92 Å². The van der Waals surface area contributed by atoms with Gasteiger partial charge in [0, 0.05) is 5.02 Å². The summed E-state index contributed by atoms with van der Waals surface area (Å²) in [5.41, 5.74) is 0.946. The van der Waals surface area contributed by atoms with Gasteiger partial charge < -0.3 is 4.74 Å². The number of carbonyl (C=O) groups is 2. The minimum atomic E-state index is -0.393. The number of methoxy groups -OCH3 is 1. The number of hydrazine groups is 1. The molecule has 1 aromatic rings. The number of nitrogens with two attached hydrogens (primary N) is 1. The molecule has 0 saturated carbocycles. The fraction of sp³-hybridized carbons (Fsp3) is 0.429. The molecule has 6 heteroatoms. The molecule has 2 N–H and O–H groups in total. The van der Waals surface area contributed by atoms with Gasteiger partial charge in [-0.3, -0.25) is 14.6 Å². The number of rotatable bonds is 3. The maximum Gasteiger partial charge on any atom is 0.306 e. The Morgan fingerprint density at radius 1 is 1.40 bits per heavy atom. The van der Waals surface area contributed by atoms with E-state index < -0.39 is 5.92 Å². The molecule has 1 amide bonds. The van der Waals surface area contributed by atoms with E-state index in [-0.39, 0.29) is 24.3 Å². The fourth-order valence-electron chi connectivity index (χ4n) is 2.47. The maximum atomic E-state index is 12.2. The number of ether oxygens (including phenoxy) is 1. The summed E-state index contributed by atoms with van der Waals surface area (Å²) < 4.78 is 4.60. The van der Waals surface area contributed by atoms with Gasteiger partial charge in [-0.1, -0.05) is 23.7 Å². The summed E-state index contributed by atoms with van der Waals surface area (Å²) in [6.45, 7) is 0. The SMILES string of the molecule is COC(=O)CC1CCC(c2ccc(Cl)cc2)N(N)C1=O. The van der Waals surface area contributed by atoms with E-state index in [4.69, 9.17) is 17.4 Å². The van der Waals surface area contributed by atoms with Crippen LogP contribution in [0.15, 0.2) is 24.3 Å². The van der Waals surface area contributed by atoms with Crippen molar-refractivity contribution in [2.75, 3.05) is 7.11 Å². The van der Waals surface area contributed by atoms with Crippen molar-refractivity contribution in [3.05, 3.63) is 34.9 Å². The molecule has 0 aliphatic carbocycles. The lowest BCUT2D eigenvalue weighted by Crippen LogP contribution is -2.48. The van der Waals surface area contributed by atoms with E-state index in [2.05, 4.69) is 4.74 Å². The minimum Gasteiger partial charge on any atom is -0.469 e. The lowest BCUT2D eigenvalue weighted by atomic mass is 9.88. The Kier molecular flexibility index (Phi) is 4.62. The molecular weight excluding hydrogens is 280 g/mol. The Bertz CT molecular complexity index is 504. The quantitative estimate of drug-likeness (QED) is 0.526. The van der Waals surface area contributed by atoms with Gasteiger partial charge in [-0.2, -0.15) is 0 Å². The van der Waals surface area contributed by atoms with Gasteiger partial charge in [0.15, 0.2) is 0 Å². The van der Waals surface area contributed by atoms with Crippen molar-refractivity contribution in [1.82, 2.24) is 5.01 Å². The molecule has 108 valence electrons. The van der Waals surface area contributed by atoms with Crippen LogP contribution in [0.25, 0.3) is 0 Å². The number of piperidine rings is 1. The van der Waals surface area contributed by atoms with Crippen molar-refractivity contribution >= 4 is 23.5 Å². The lowest BCUT2D eigenvalue weighted by molar-refractivity contribution is -0.150. The first-order valence-electron chi connectivity index (χ1n) is 6.43. The van der Waals surface area contributed by atoms with Crippen molar-refractivity contribution < 1.29 is 14.3 Å². The zero-order valence-corrected chi connectivity index (χ0v) is 12.0. The van der Waals surface area contributed by atoms with Crippen molar-refractivity contribution in [3.63, 3.8) is 0 Å². The third-order valence-electron chi connectivity index (χ3n) is 3.62. The number of amides is 1. The van der Waals surface area contributed by atoms with E-state index >= 15 is 0 Å². The summed E-state index contributed by atoms with van der Waals surface area (Å²) >= 11 is 5.85. The van der Waals surface area contributed by atoms with Crippen LogP contribution in [0.1, 0.15) is 30.9 Å². The standard InChI is InChI=1S/C14H17ClN2O3/c1-20-13(18)8-10-4-7-12(17(16)14(10)19)9-2-5-11(15)6-3-9/h2-3,5-6,10,12H,4,7-8,16H2,1H3. The largest absolute Gasteiger partial charge is 0.469 e. The Hall–Kier alpha value is -1.59. The van der Waals surface area contributed by atoms with E-state index in [1.54, 1.807) is 12.1 Å². The molecule has 1 heterocycles.